The molecule has 3 rings (SSSR count). The Bertz CT molecular complexity index is 578. The molecule has 2 aliphatic rings. The van der Waals surface area contributed by atoms with Gasteiger partial charge in [-0.25, -0.2) is 0 Å². The van der Waals surface area contributed by atoms with Crippen LogP contribution in [0.5, 0.6) is 0 Å². The number of aliphatic hydroxyl groups is 1. The monoisotopic (exact) mass is 332 g/mol. The summed E-state index contributed by atoms with van der Waals surface area (Å²) in [6, 6.07) is 9.30. The zero-order valence-electron chi connectivity index (χ0n) is 13.8. The van der Waals surface area contributed by atoms with Gasteiger partial charge in [-0.2, -0.15) is 0 Å². The topological polar surface area (TPSA) is 70.1 Å². The Hall–Kier alpha value is -1.92. The molecule has 2 fully saturated rings. The molecule has 0 unspecified atom stereocenters. The van der Waals surface area contributed by atoms with Gasteiger partial charge in [0.15, 0.2) is 0 Å². The van der Waals surface area contributed by atoms with Crippen molar-refractivity contribution in [3.63, 3.8) is 0 Å². The minimum atomic E-state index is -0.442. The average molecular weight is 332 g/mol. The number of piperidine rings is 1. The lowest BCUT2D eigenvalue weighted by Crippen LogP contribution is -2.53. The quantitative estimate of drug-likeness (QED) is 0.892. The van der Waals surface area contributed by atoms with E-state index in [0.717, 1.165) is 18.4 Å². The van der Waals surface area contributed by atoms with E-state index in [0.29, 0.717) is 26.1 Å². The first-order valence-electron chi connectivity index (χ1n) is 8.55. The molecule has 1 aromatic rings. The van der Waals surface area contributed by atoms with Gasteiger partial charge in [-0.15, -0.1) is 0 Å². The Morgan fingerprint density at radius 2 is 2.00 bits per heavy atom. The van der Waals surface area contributed by atoms with Crippen LogP contribution in [0, 0.1) is 0 Å². The van der Waals surface area contributed by atoms with Crippen molar-refractivity contribution in [2.75, 3.05) is 32.8 Å². The van der Waals surface area contributed by atoms with Crippen molar-refractivity contribution in [1.29, 1.82) is 0 Å². The van der Waals surface area contributed by atoms with E-state index >= 15 is 0 Å². The van der Waals surface area contributed by atoms with Gasteiger partial charge in [-0.05, 0) is 18.4 Å². The van der Waals surface area contributed by atoms with E-state index in [9.17, 15) is 14.7 Å². The van der Waals surface area contributed by atoms with Crippen LogP contribution in [-0.4, -0.2) is 65.7 Å². The third-order valence-electron chi connectivity index (χ3n) is 4.74. The van der Waals surface area contributed by atoms with E-state index in [-0.39, 0.29) is 31.0 Å². The molecule has 0 aliphatic carbocycles. The van der Waals surface area contributed by atoms with Crippen LogP contribution in [-0.2, 0) is 14.3 Å². The molecular formula is C18H24N2O4. The van der Waals surface area contributed by atoms with E-state index < -0.39 is 6.10 Å². The van der Waals surface area contributed by atoms with Gasteiger partial charge in [-0.3, -0.25) is 9.59 Å². The van der Waals surface area contributed by atoms with Crippen molar-refractivity contribution in [3.8, 4) is 0 Å². The van der Waals surface area contributed by atoms with Crippen LogP contribution in [0.2, 0.25) is 0 Å². The summed E-state index contributed by atoms with van der Waals surface area (Å²) < 4.78 is 5.66. The SMILES string of the molecule is O=C1CCCCN1CC(=O)N1CCO[C@H](CO)[C@H]1c1ccccc1. The predicted molar refractivity (Wildman–Crippen MR) is 88.2 cm³/mol. The predicted octanol–water partition coefficient (Wildman–Crippen LogP) is 0.960. The lowest BCUT2D eigenvalue weighted by Gasteiger charge is -2.42. The third-order valence-corrected chi connectivity index (χ3v) is 4.74. The van der Waals surface area contributed by atoms with Gasteiger partial charge < -0.3 is 19.6 Å². The first-order chi connectivity index (χ1) is 11.7. The van der Waals surface area contributed by atoms with Gasteiger partial charge in [0.05, 0.1) is 25.8 Å². The number of carbonyl (C=O) groups is 2. The smallest absolute Gasteiger partial charge is 0.242 e. The number of nitrogens with zero attached hydrogens (tertiary/aromatic N) is 2. The first-order valence-corrected chi connectivity index (χ1v) is 8.55. The Labute approximate surface area is 142 Å². The van der Waals surface area contributed by atoms with Gasteiger partial charge in [0.1, 0.15) is 6.10 Å². The fraction of sp³-hybridized carbons (Fsp3) is 0.556. The second kappa shape index (κ2) is 7.77. The lowest BCUT2D eigenvalue weighted by molar-refractivity contribution is -0.154. The number of morpholine rings is 1. The van der Waals surface area contributed by atoms with Gasteiger partial charge in [0.25, 0.3) is 0 Å². The molecule has 0 radical (unpaired) electrons. The Kier molecular flexibility index (Phi) is 5.48. The van der Waals surface area contributed by atoms with Gasteiger partial charge in [-0.1, -0.05) is 30.3 Å². The Balaban J connectivity index is 1.78. The summed E-state index contributed by atoms with van der Waals surface area (Å²) in [5, 5.41) is 9.66. The average Bonchev–Trinajstić information content (AvgIpc) is 2.63. The minimum absolute atomic E-state index is 0.0535. The highest BCUT2D eigenvalue weighted by molar-refractivity contribution is 5.85. The van der Waals surface area contributed by atoms with E-state index in [1.807, 2.05) is 30.3 Å². The molecule has 0 saturated carbocycles. The van der Waals surface area contributed by atoms with E-state index in [2.05, 4.69) is 0 Å². The summed E-state index contributed by atoms with van der Waals surface area (Å²) in [5.41, 5.74) is 0.939. The minimum Gasteiger partial charge on any atom is -0.394 e. The zero-order chi connectivity index (χ0) is 16.9. The molecule has 0 bridgehead atoms. The largest absolute Gasteiger partial charge is 0.394 e. The van der Waals surface area contributed by atoms with Crippen molar-refractivity contribution in [1.82, 2.24) is 9.80 Å². The molecule has 24 heavy (non-hydrogen) atoms. The maximum atomic E-state index is 12.9. The number of amides is 2. The normalized spacial score (nSPS) is 25.0. The van der Waals surface area contributed by atoms with Crippen molar-refractivity contribution in [2.24, 2.45) is 0 Å². The van der Waals surface area contributed by atoms with Gasteiger partial charge in [0.2, 0.25) is 11.8 Å². The molecule has 6 nitrogen and oxygen atoms in total. The molecule has 1 aromatic carbocycles. The van der Waals surface area contributed by atoms with Crippen LogP contribution < -0.4 is 0 Å². The summed E-state index contributed by atoms with van der Waals surface area (Å²) >= 11 is 0. The molecular weight excluding hydrogens is 308 g/mol. The van der Waals surface area contributed by atoms with Crippen LogP contribution in [0.3, 0.4) is 0 Å². The van der Waals surface area contributed by atoms with Gasteiger partial charge in [0, 0.05) is 19.5 Å². The maximum Gasteiger partial charge on any atom is 0.242 e. The molecule has 2 atom stereocenters. The van der Waals surface area contributed by atoms with Crippen LogP contribution in [0.15, 0.2) is 30.3 Å². The van der Waals surface area contributed by atoms with Crippen LogP contribution in [0.25, 0.3) is 0 Å². The highest BCUT2D eigenvalue weighted by atomic mass is 16.5. The van der Waals surface area contributed by atoms with Crippen molar-refractivity contribution >= 4 is 11.8 Å². The molecule has 6 heteroatoms. The molecule has 2 heterocycles. The van der Waals surface area contributed by atoms with E-state index in [1.54, 1.807) is 9.80 Å². The number of hydrogen-bond acceptors (Lipinski definition) is 4. The van der Waals surface area contributed by atoms with Crippen molar-refractivity contribution < 1.29 is 19.4 Å². The maximum absolute atomic E-state index is 12.9. The number of carbonyl (C=O) groups excluding carboxylic acids is 2. The Morgan fingerprint density at radius 1 is 1.21 bits per heavy atom. The van der Waals surface area contributed by atoms with E-state index in [1.165, 1.54) is 0 Å². The molecule has 2 aliphatic heterocycles. The summed E-state index contributed by atoms with van der Waals surface area (Å²) in [6.07, 6.45) is 1.93. The number of likely N-dealkylation sites (tertiary alicyclic amines) is 1. The standard InChI is InChI=1S/C18H24N2O4/c21-13-15-18(14-6-2-1-3-7-14)20(10-11-24-15)17(23)12-19-9-5-4-8-16(19)22/h1-3,6-7,15,18,21H,4-5,8-13H2/t15-,18-/m1/s1. The molecule has 0 spiro atoms. The van der Waals surface area contributed by atoms with Crippen LogP contribution >= 0.6 is 0 Å². The number of ether oxygens (including phenoxy) is 1. The summed E-state index contributed by atoms with van der Waals surface area (Å²) in [5.74, 6) is -0.0290. The molecule has 2 saturated heterocycles. The first kappa shape index (κ1) is 16.9. The third kappa shape index (κ3) is 3.60. The number of rotatable bonds is 4. The molecule has 130 valence electrons. The van der Waals surface area contributed by atoms with E-state index in [4.69, 9.17) is 4.74 Å². The van der Waals surface area contributed by atoms with Crippen molar-refractivity contribution in [3.05, 3.63) is 35.9 Å². The number of aliphatic hydroxyl groups excluding tert-OH is 1. The van der Waals surface area contributed by atoms with Crippen LogP contribution in [0.1, 0.15) is 30.9 Å². The van der Waals surface area contributed by atoms with Gasteiger partial charge >= 0.3 is 0 Å². The highest BCUT2D eigenvalue weighted by Gasteiger charge is 2.36. The second-order valence-electron chi connectivity index (χ2n) is 6.31. The summed E-state index contributed by atoms with van der Waals surface area (Å²) in [6.45, 7) is 1.48. The molecule has 2 amide bonds. The van der Waals surface area contributed by atoms with Crippen LogP contribution in [0.4, 0.5) is 0 Å². The molecule has 0 aromatic heterocycles. The zero-order valence-corrected chi connectivity index (χ0v) is 13.8. The lowest BCUT2D eigenvalue weighted by atomic mass is 9.98. The fourth-order valence-corrected chi connectivity index (χ4v) is 3.49. The summed E-state index contributed by atoms with van der Waals surface area (Å²) in [4.78, 5) is 28.2. The fourth-order valence-electron chi connectivity index (χ4n) is 3.49. The summed E-state index contributed by atoms with van der Waals surface area (Å²) in [7, 11) is 0. The number of benzene rings is 1. The second-order valence-corrected chi connectivity index (χ2v) is 6.31. The molecule has 1 N–H and O–H groups in total. The van der Waals surface area contributed by atoms with Crippen molar-refractivity contribution in [2.45, 2.75) is 31.4 Å². The highest BCUT2D eigenvalue weighted by Crippen LogP contribution is 2.29. The Morgan fingerprint density at radius 3 is 2.71 bits per heavy atom. The number of hydrogen-bond donors (Lipinski definition) is 1.